The average Bonchev–Trinajstić information content (AvgIpc) is 2.81. The molecule has 0 radical (unpaired) electrons. The lowest BCUT2D eigenvalue weighted by Crippen LogP contribution is -2.63. The molecule has 4 aliphatic carbocycles. The van der Waals surface area contributed by atoms with Gasteiger partial charge in [-0.1, -0.05) is 38.0 Å². The van der Waals surface area contributed by atoms with Crippen LogP contribution < -0.4 is 0 Å². The normalized spacial score (nSPS) is 54.5. The van der Waals surface area contributed by atoms with E-state index in [4.69, 9.17) is 6.42 Å². The second kappa shape index (κ2) is 4.52. The molecule has 0 unspecified atom stereocenters. The van der Waals surface area contributed by atoms with E-state index in [0.717, 1.165) is 38.5 Å². The number of hydrogen-bond acceptors (Lipinski definition) is 2. The number of fused-ring (bicyclic) bond motifs is 5. The van der Waals surface area contributed by atoms with Crippen LogP contribution in [0.15, 0.2) is 23.8 Å². The van der Waals surface area contributed by atoms with Crippen molar-refractivity contribution in [2.24, 2.45) is 22.7 Å². The number of terminal acetylenes is 1. The van der Waals surface area contributed by atoms with Crippen LogP contribution in [0.1, 0.15) is 58.8 Å². The lowest BCUT2D eigenvalue weighted by Gasteiger charge is -2.62. The number of allylic oxidation sites excluding steroid dienone is 3. The average molecular weight is 312 g/mol. The van der Waals surface area contributed by atoms with E-state index >= 15 is 0 Å². The highest BCUT2D eigenvalue weighted by Gasteiger charge is 2.67. The molecule has 23 heavy (non-hydrogen) atoms. The molecule has 4 aliphatic rings. The molecule has 2 heteroatoms. The Hall–Kier alpha value is -1.04. The predicted octanol–water partition coefficient (Wildman–Crippen LogP) is 3.59. The van der Waals surface area contributed by atoms with Crippen LogP contribution in [0.3, 0.4) is 0 Å². The third kappa shape index (κ3) is 1.63. The topological polar surface area (TPSA) is 40.5 Å². The molecule has 2 fully saturated rings. The fourth-order valence-electron chi connectivity index (χ4n) is 6.49. The van der Waals surface area contributed by atoms with Crippen LogP contribution in [0.2, 0.25) is 0 Å². The molecule has 0 aromatic carbocycles. The van der Waals surface area contributed by atoms with Crippen molar-refractivity contribution in [2.45, 2.75) is 70.0 Å². The first-order valence-corrected chi connectivity index (χ1v) is 9.10. The van der Waals surface area contributed by atoms with E-state index in [-0.39, 0.29) is 16.7 Å². The summed E-state index contributed by atoms with van der Waals surface area (Å²) in [5, 5.41) is 22.8. The Morgan fingerprint density at radius 2 is 1.91 bits per heavy atom. The van der Waals surface area contributed by atoms with Crippen molar-refractivity contribution < 1.29 is 10.2 Å². The number of aliphatic hydroxyl groups is 2. The van der Waals surface area contributed by atoms with Gasteiger partial charge in [0, 0.05) is 10.8 Å². The Morgan fingerprint density at radius 1 is 1.13 bits per heavy atom. The van der Waals surface area contributed by atoms with Crippen molar-refractivity contribution in [3.8, 4) is 12.3 Å². The molecule has 0 bridgehead atoms. The quantitative estimate of drug-likeness (QED) is 0.671. The van der Waals surface area contributed by atoms with Crippen molar-refractivity contribution in [2.75, 3.05) is 0 Å². The molecule has 0 aliphatic heterocycles. The molecule has 0 aromatic heterocycles. The fourth-order valence-corrected chi connectivity index (χ4v) is 6.49. The van der Waals surface area contributed by atoms with Crippen LogP contribution >= 0.6 is 0 Å². The van der Waals surface area contributed by atoms with E-state index in [9.17, 15) is 10.2 Å². The molecule has 2 nitrogen and oxygen atoms in total. The van der Waals surface area contributed by atoms with Crippen LogP contribution in [-0.4, -0.2) is 21.4 Å². The van der Waals surface area contributed by atoms with Crippen LogP contribution in [-0.2, 0) is 0 Å². The molecule has 4 rings (SSSR count). The van der Waals surface area contributed by atoms with Gasteiger partial charge in [0.2, 0.25) is 0 Å². The first kappa shape index (κ1) is 15.5. The van der Waals surface area contributed by atoms with Gasteiger partial charge in [-0.2, -0.15) is 0 Å². The molecule has 2 N–H and O–H groups in total. The molecular weight excluding hydrogens is 284 g/mol. The molecule has 0 spiro atoms. The van der Waals surface area contributed by atoms with Gasteiger partial charge in [0.25, 0.3) is 0 Å². The third-order valence-corrected chi connectivity index (χ3v) is 8.24. The van der Waals surface area contributed by atoms with Gasteiger partial charge in [-0.25, -0.2) is 0 Å². The van der Waals surface area contributed by atoms with Crippen molar-refractivity contribution >= 4 is 0 Å². The number of hydrogen-bond donors (Lipinski definition) is 2. The van der Waals surface area contributed by atoms with E-state index in [1.807, 2.05) is 0 Å². The Labute approximate surface area is 139 Å². The third-order valence-electron chi connectivity index (χ3n) is 8.24. The molecule has 124 valence electrons. The van der Waals surface area contributed by atoms with Crippen LogP contribution in [0.4, 0.5) is 0 Å². The zero-order valence-electron chi connectivity index (χ0n) is 14.3. The lowest BCUT2D eigenvalue weighted by atomic mass is 9.45. The smallest absolute Gasteiger partial charge is 0.130 e. The fraction of sp³-hybridized carbons (Fsp3) is 0.714. The van der Waals surface area contributed by atoms with E-state index in [0.29, 0.717) is 12.3 Å². The second-order valence-electron chi connectivity index (χ2n) is 8.77. The minimum Gasteiger partial charge on any atom is -0.389 e. The molecule has 2 saturated carbocycles. The van der Waals surface area contributed by atoms with Gasteiger partial charge in [-0.15, -0.1) is 6.42 Å². The van der Waals surface area contributed by atoms with Crippen molar-refractivity contribution in [1.82, 2.24) is 0 Å². The van der Waals surface area contributed by atoms with Crippen LogP contribution in [0.5, 0.6) is 0 Å². The van der Waals surface area contributed by atoms with E-state index < -0.39 is 11.2 Å². The lowest BCUT2D eigenvalue weighted by molar-refractivity contribution is -0.192. The Kier molecular flexibility index (Phi) is 3.05. The Balaban J connectivity index is 1.80. The van der Waals surface area contributed by atoms with Gasteiger partial charge in [-0.3, -0.25) is 0 Å². The van der Waals surface area contributed by atoms with E-state index in [1.165, 1.54) is 5.57 Å². The summed E-state index contributed by atoms with van der Waals surface area (Å²) in [7, 11) is 0. The zero-order chi connectivity index (χ0) is 16.5. The van der Waals surface area contributed by atoms with Gasteiger partial charge in [0.15, 0.2) is 0 Å². The van der Waals surface area contributed by atoms with Gasteiger partial charge < -0.3 is 10.2 Å². The van der Waals surface area contributed by atoms with Gasteiger partial charge in [0.1, 0.15) is 5.60 Å². The minimum atomic E-state index is -1.00. The zero-order valence-corrected chi connectivity index (χ0v) is 14.3. The Bertz CT molecular complexity index is 641. The largest absolute Gasteiger partial charge is 0.389 e. The van der Waals surface area contributed by atoms with Crippen LogP contribution in [0.25, 0.3) is 0 Å². The highest BCUT2D eigenvalue weighted by atomic mass is 16.3. The first-order valence-electron chi connectivity index (χ1n) is 9.10. The van der Waals surface area contributed by atoms with Crippen molar-refractivity contribution in [3.63, 3.8) is 0 Å². The summed E-state index contributed by atoms with van der Waals surface area (Å²) in [6.45, 7) is 4.41. The minimum absolute atomic E-state index is 0.150. The molecule has 0 amide bonds. The molecular formula is C21H28O2. The molecule has 0 aromatic rings. The van der Waals surface area contributed by atoms with Gasteiger partial charge >= 0.3 is 0 Å². The monoisotopic (exact) mass is 312 g/mol. The maximum Gasteiger partial charge on any atom is 0.130 e. The summed E-state index contributed by atoms with van der Waals surface area (Å²) in [6.07, 6.45) is 18.6. The highest BCUT2D eigenvalue weighted by Crippen LogP contribution is 2.67. The summed E-state index contributed by atoms with van der Waals surface area (Å²) in [5.41, 5.74) is -0.757. The molecule has 0 saturated heterocycles. The van der Waals surface area contributed by atoms with Gasteiger partial charge in [-0.05, 0) is 62.4 Å². The summed E-state index contributed by atoms with van der Waals surface area (Å²) < 4.78 is 0. The highest BCUT2D eigenvalue weighted by molar-refractivity contribution is 5.38. The van der Waals surface area contributed by atoms with Crippen molar-refractivity contribution in [3.05, 3.63) is 23.8 Å². The Morgan fingerprint density at radius 3 is 2.65 bits per heavy atom. The summed E-state index contributed by atoms with van der Waals surface area (Å²) in [6, 6.07) is 0. The summed E-state index contributed by atoms with van der Waals surface area (Å²) in [4.78, 5) is 0. The number of rotatable bonds is 0. The van der Waals surface area contributed by atoms with E-state index in [2.05, 4.69) is 38.0 Å². The standard InChI is InChI=1S/C21H28O2/c1-4-20(22)12-10-16-17-9-8-15-7-5-6-11-18(15,2)21(17,23)14-13-19(16,20)3/h1,5,7-8,16-17,22-23H,6,9-14H2,2-3H3/t16-,17-,18-,19-,20+,21+/m0/s1. The van der Waals surface area contributed by atoms with Gasteiger partial charge in [0.05, 0.1) is 5.60 Å². The van der Waals surface area contributed by atoms with Crippen LogP contribution in [0, 0.1) is 35.0 Å². The molecule has 0 heterocycles. The maximum atomic E-state index is 11.8. The second-order valence-corrected chi connectivity index (χ2v) is 8.77. The molecule has 6 atom stereocenters. The summed E-state index contributed by atoms with van der Waals surface area (Å²) in [5.74, 6) is 3.22. The SMILES string of the molecule is C#C[C@@]1(O)CC[C@H]2[C@@H]3CC=C4C=CCC[C@]4(C)[C@@]3(O)CC[C@@]21C. The first-order chi connectivity index (χ1) is 10.8. The maximum absolute atomic E-state index is 11.8. The summed E-state index contributed by atoms with van der Waals surface area (Å²) >= 11 is 0. The van der Waals surface area contributed by atoms with Crippen molar-refractivity contribution in [1.29, 1.82) is 0 Å². The van der Waals surface area contributed by atoms with E-state index in [1.54, 1.807) is 0 Å². The predicted molar refractivity (Wildman–Crippen MR) is 91.5 cm³/mol.